The number of hydrogen-bond acceptors (Lipinski definition) is 3. The van der Waals surface area contributed by atoms with Crippen molar-refractivity contribution in [1.82, 2.24) is 4.90 Å². The molecule has 1 N–H and O–H groups in total. The molecule has 2 amide bonds. The lowest BCUT2D eigenvalue weighted by Gasteiger charge is -2.15. The van der Waals surface area contributed by atoms with Crippen molar-refractivity contribution in [3.63, 3.8) is 0 Å². The van der Waals surface area contributed by atoms with Gasteiger partial charge < -0.3 is 14.6 Å². The summed E-state index contributed by atoms with van der Waals surface area (Å²) in [5.74, 6) is 0.830. The number of nitrogens with one attached hydrogen (secondary N) is 1. The van der Waals surface area contributed by atoms with Gasteiger partial charge in [0.25, 0.3) is 0 Å². The molecule has 0 atom stereocenters. The summed E-state index contributed by atoms with van der Waals surface area (Å²) in [6.07, 6.45) is 2.96. The van der Waals surface area contributed by atoms with Gasteiger partial charge in [0, 0.05) is 17.6 Å². The van der Waals surface area contributed by atoms with Gasteiger partial charge in [-0.05, 0) is 53.2 Å². The molecule has 0 aliphatic rings. The number of benzene rings is 1. The van der Waals surface area contributed by atoms with Gasteiger partial charge in [-0.3, -0.25) is 9.59 Å². The minimum absolute atomic E-state index is 0.0400. The van der Waals surface area contributed by atoms with Gasteiger partial charge in [-0.2, -0.15) is 0 Å². The summed E-state index contributed by atoms with van der Waals surface area (Å²) in [5.41, 5.74) is 0.667. The highest BCUT2D eigenvalue weighted by molar-refractivity contribution is 9.10. The highest BCUT2D eigenvalue weighted by Gasteiger charge is 2.11. The molecule has 0 aliphatic heterocycles. The number of furan rings is 1. The van der Waals surface area contributed by atoms with Gasteiger partial charge in [0.2, 0.25) is 11.8 Å². The van der Waals surface area contributed by atoms with E-state index in [1.165, 1.54) is 11.0 Å². The Bertz CT molecular complexity index is 737. The Balaban J connectivity index is 1.89. The van der Waals surface area contributed by atoms with Crippen molar-refractivity contribution in [2.24, 2.45) is 0 Å². The summed E-state index contributed by atoms with van der Waals surface area (Å²) < 4.78 is 6.13. The van der Waals surface area contributed by atoms with Crippen molar-refractivity contribution in [2.75, 3.05) is 18.9 Å². The molecule has 1 aromatic carbocycles. The molecule has 0 unspecified atom stereocenters. The van der Waals surface area contributed by atoms with Crippen LogP contribution in [0, 0.1) is 6.92 Å². The number of carbonyl (C=O) groups is 2. The maximum absolute atomic E-state index is 12.0. The van der Waals surface area contributed by atoms with E-state index < -0.39 is 0 Å². The fraction of sp³-hybridized carbons (Fsp3) is 0.176. The number of hydrogen-bond donors (Lipinski definition) is 1. The van der Waals surface area contributed by atoms with E-state index in [0.717, 1.165) is 10.2 Å². The topological polar surface area (TPSA) is 62.6 Å². The maximum atomic E-state index is 12.0. The van der Waals surface area contributed by atoms with Crippen LogP contribution in [0.4, 0.5) is 5.69 Å². The van der Waals surface area contributed by atoms with E-state index in [1.54, 1.807) is 25.3 Å². The molecule has 0 bridgehead atoms. The van der Waals surface area contributed by atoms with Crippen LogP contribution >= 0.6 is 15.9 Å². The molecule has 0 aliphatic carbocycles. The first-order chi connectivity index (χ1) is 11.0. The Hall–Kier alpha value is -2.34. The second-order valence-electron chi connectivity index (χ2n) is 5.00. The third-order valence-corrected chi connectivity index (χ3v) is 3.75. The zero-order chi connectivity index (χ0) is 16.8. The normalized spacial score (nSPS) is 10.7. The van der Waals surface area contributed by atoms with Crippen molar-refractivity contribution in [2.45, 2.75) is 6.92 Å². The molecular formula is C17H17BrN2O3. The van der Waals surface area contributed by atoms with Gasteiger partial charge in [-0.1, -0.05) is 12.1 Å². The molecule has 5 nitrogen and oxygen atoms in total. The average molecular weight is 377 g/mol. The van der Waals surface area contributed by atoms with E-state index in [0.29, 0.717) is 11.4 Å². The minimum Gasteiger partial charge on any atom is -0.462 e. The van der Waals surface area contributed by atoms with Crippen LogP contribution in [0.5, 0.6) is 0 Å². The number of likely N-dealkylation sites (N-methyl/N-ethyl adjacent to an activating group) is 1. The van der Waals surface area contributed by atoms with Crippen LogP contribution in [-0.2, 0) is 9.59 Å². The Kier molecular flexibility index (Phi) is 5.76. The average Bonchev–Trinajstić information content (AvgIpc) is 2.92. The Morgan fingerprint density at radius 2 is 2.00 bits per heavy atom. The lowest BCUT2D eigenvalue weighted by atomic mass is 10.3. The summed E-state index contributed by atoms with van der Waals surface area (Å²) in [6.45, 7) is 1.79. The molecule has 1 heterocycles. The summed E-state index contributed by atoms with van der Waals surface area (Å²) >= 11 is 3.36. The molecular weight excluding hydrogens is 360 g/mol. The molecule has 0 radical (unpaired) electrons. The van der Waals surface area contributed by atoms with Gasteiger partial charge in [-0.25, -0.2) is 0 Å². The number of carbonyl (C=O) groups excluding carboxylic acids is 2. The van der Waals surface area contributed by atoms with Crippen molar-refractivity contribution >= 4 is 39.5 Å². The quantitative estimate of drug-likeness (QED) is 0.812. The number of para-hydroxylation sites is 1. The van der Waals surface area contributed by atoms with Crippen LogP contribution in [-0.4, -0.2) is 30.3 Å². The SMILES string of the molecule is Cc1ccc(/C=C/C(=O)N(C)CC(=O)Nc2ccccc2Br)o1. The number of halogens is 1. The molecule has 2 rings (SSSR count). The first-order valence-electron chi connectivity index (χ1n) is 6.99. The fourth-order valence-corrected chi connectivity index (χ4v) is 2.25. The maximum Gasteiger partial charge on any atom is 0.246 e. The van der Waals surface area contributed by atoms with Crippen LogP contribution in [0.2, 0.25) is 0 Å². The molecule has 0 fully saturated rings. The molecule has 0 saturated heterocycles. The molecule has 2 aromatic rings. The number of rotatable bonds is 5. The van der Waals surface area contributed by atoms with Crippen LogP contribution in [0.3, 0.4) is 0 Å². The van der Waals surface area contributed by atoms with Gasteiger partial charge in [0.05, 0.1) is 12.2 Å². The second kappa shape index (κ2) is 7.78. The highest BCUT2D eigenvalue weighted by Crippen LogP contribution is 2.20. The number of nitrogens with zero attached hydrogens (tertiary/aromatic N) is 1. The second-order valence-corrected chi connectivity index (χ2v) is 5.86. The standard InChI is InChI=1S/C17H17BrN2O3/c1-12-7-8-13(23-12)9-10-17(22)20(2)11-16(21)19-15-6-4-3-5-14(15)18/h3-10H,11H2,1-2H3,(H,19,21)/b10-9+. The van der Waals surface area contributed by atoms with E-state index in [2.05, 4.69) is 21.2 Å². The number of anilines is 1. The Morgan fingerprint density at radius 3 is 2.65 bits per heavy atom. The zero-order valence-corrected chi connectivity index (χ0v) is 14.5. The first-order valence-corrected chi connectivity index (χ1v) is 7.79. The van der Waals surface area contributed by atoms with Gasteiger partial charge in [0.1, 0.15) is 11.5 Å². The monoisotopic (exact) mass is 376 g/mol. The number of aryl methyl sites for hydroxylation is 1. The van der Waals surface area contributed by atoms with E-state index in [1.807, 2.05) is 31.2 Å². The molecule has 6 heteroatoms. The fourth-order valence-electron chi connectivity index (χ4n) is 1.87. The Morgan fingerprint density at radius 1 is 1.26 bits per heavy atom. The smallest absolute Gasteiger partial charge is 0.246 e. The van der Waals surface area contributed by atoms with Crippen molar-refractivity contribution in [3.05, 3.63) is 58.5 Å². The Labute approximate surface area is 143 Å². The molecule has 120 valence electrons. The predicted octanol–water partition coefficient (Wildman–Crippen LogP) is 3.46. The summed E-state index contributed by atoms with van der Waals surface area (Å²) in [5, 5.41) is 2.75. The first kappa shape index (κ1) is 17.0. The largest absolute Gasteiger partial charge is 0.462 e. The van der Waals surface area contributed by atoms with Gasteiger partial charge in [0.15, 0.2) is 0 Å². The molecule has 0 saturated carbocycles. The van der Waals surface area contributed by atoms with Crippen molar-refractivity contribution in [3.8, 4) is 0 Å². The molecule has 0 spiro atoms. The van der Waals surface area contributed by atoms with Crippen LogP contribution in [0.1, 0.15) is 11.5 Å². The van der Waals surface area contributed by atoms with Crippen molar-refractivity contribution < 1.29 is 14.0 Å². The van der Waals surface area contributed by atoms with Crippen LogP contribution in [0.15, 0.2) is 51.4 Å². The third-order valence-electron chi connectivity index (χ3n) is 3.06. The van der Waals surface area contributed by atoms with Gasteiger partial charge in [-0.15, -0.1) is 0 Å². The van der Waals surface area contributed by atoms with E-state index in [4.69, 9.17) is 4.42 Å². The number of amides is 2. The minimum atomic E-state index is -0.277. The third kappa shape index (κ3) is 5.10. The zero-order valence-electron chi connectivity index (χ0n) is 12.9. The van der Waals surface area contributed by atoms with Crippen LogP contribution < -0.4 is 5.32 Å². The van der Waals surface area contributed by atoms with E-state index in [9.17, 15) is 9.59 Å². The summed E-state index contributed by atoms with van der Waals surface area (Å²) in [4.78, 5) is 25.3. The van der Waals surface area contributed by atoms with Gasteiger partial charge >= 0.3 is 0 Å². The van der Waals surface area contributed by atoms with Crippen molar-refractivity contribution in [1.29, 1.82) is 0 Å². The summed E-state index contributed by atoms with van der Waals surface area (Å²) in [7, 11) is 1.57. The predicted molar refractivity (Wildman–Crippen MR) is 92.9 cm³/mol. The lowest BCUT2D eigenvalue weighted by Crippen LogP contribution is -2.33. The molecule has 1 aromatic heterocycles. The van der Waals surface area contributed by atoms with E-state index in [-0.39, 0.29) is 18.4 Å². The highest BCUT2D eigenvalue weighted by atomic mass is 79.9. The molecule has 23 heavy (non-hydrogen) atoms. The summed E-state index contributed by atoms with van der Waals surface area (Å²) in [6, 6.07) is 10.9. The lowest BCUT2D eigenvalue weighted by molar-refractivity contribution is -0.129. The van der Waals surface area contributed by atoms with E-state index >= 15 is 0 Å². The van der Waals surface area contributed by atoms with Crippen LogP contribution in [0.25, 0.3) is 6.08 Å².